The summed E-state index contributed by atoms with van der Waals surface area (Å²) in [6, 6.07) is 0. The molecule has 0 saturated heterocycles. The summed E-state index contributed by atoms with van der Waals surface area (Å²) in [5, 5.41) is 6.15. The molecule has 7 nitrogen and oxygen atoms in total. The molecule has 21 heavy (non-hydrogen) atoms. The first-order valence-electron chi connectivity index (χ1n) is 6.59. The second-order valence-corrected chi connectivity index (χ2v) is 4.59. The van der Waals surface area contributed by atoms with Crippen molar-refractivity contribution >= 4 is 35.8 Å². The summed E-state index contributed by atoms with van der Waals surface area (Å²) in [4.78, 5) is 21.5. The number of hydrogen-bond acceptors (Lipinski definition) is 4. The monoisotopic (exact) mass is 409 g/mol. The maximum absolute atomic E-state index is 11.5. The average molecular weight is 409 g/mol. The van der Waals surface area contributed by atoms with Crippen LogP contribution in [0.25, 0.3) is 0 Å². The summed E-state index contributed by atoms with van der Waals surface area (Å²) < 4.78 is 5.48. The summed E-state index contributed by atoms with van der Waals surface area (Å²) in [5.74, 6) is 1.93. The minimum Gasteiger partial charge on any atom is -0.444 e. The summed E-state index contributed by atoms with van der Waals surface area (Å²) in [6.07, 6.45) is 0. The number of halogens is 1. The Morgan fingerprint density at radius 3 is 2.48 bits per heavy atom. The van der Waals surface area contributed by atoms with Gasteiger partial charge in [-0.25, -0.2) is 9.98 Å². The Morgan fingerprint density at radius 1 is 1.33 bits per heavy atom. The number of aromatic nitrogens is 1. The van der Waals surface area contributed by atoms with Crippen molar-refractivity contribution < 1.29 is 9.21 Å². The van der Waals surface area contributed by atoms with E-state index in [0.29, 0.717) is 24.9 Å². The van der Waals surface area contributed by atoms with E-state index >= 15 is 0 Å². The van der Waals surface area contributed by atoms with Crippen LogP contribution in [0.15, 0.2) is 9.41 Å². The molecular formula is C13H24IN5O2. The normalized spacial score (nSPS) is 10.8. The third-order valence-corrected chi connectivity index (χ3v) is 2.70. The van der Waals surface area contributed by atoms with E-state index in [-0.39, 0.29) is 36.4 Å². The van der Waals surface area contributed by atoms with Crippen LogP contribution in [0.4, 0.5) is 0 Å². The fourth-order valence-electron chi connectivity index (χ4n) is 1.40. The zero-order valence-electron chi connectivity index (χ0n) is 13.2. The molecule has 0 unspecified atom stereocenters. The van der Waals surface area contributed by atoms with Gasteiger partial charge in [-0.15, -0.1) is 24.0 Å². The van der Waals surface area contributed by atoms with Crippen molar-refractivity contribution in [2.75, 3.05) is 27.2 Å². The van der Waals surface area contributed by atoms with Gasteiger partial charge in [-0.1, -0.05) is 0 Å². The lowest BCUT2D eigenvalue weighted by atomic mass is 10.4. The molecular weight excluding hydrogens is 385 g/mol. The van der Waals surface area contributed by atoms with Gasteiger partial charge in [-0.05, 0) is 20.8 Å². The summed E-state index contributed by atoms with van der Waals surface area (Å²) in [5.41, 5.74) is 0.881. The number of hydrogen-bond donors (Lipinski definition) is 2. The van der Waals surface area contributed by atoms with Crippen molar-refractivity contribution in [3.63, 3.8) is 0 Å². The Labute approximate surface area is 142 Å². The number of likely N-dealkylation sites (N-methyl/N-ethyl adjacent to an activating group) is 1. The maximum Gasteiger partial charge on any atom is 0.243 e. The molecule has 120 valence electrons. The van der Waals surface area contributed by atoms with Gasteiger partial charge in [0.2, 0.25) is 11.8 Å². The van der Waals surface area contributed by atoms with E-state index in [1.807, 2.05) is 20.8 Å². The minimum atomic E-state index is -0.0509. The highest BCUT2D eigenvalue weighted by Crippen LogP contribution is 2.07. The number of aryl methyl sites for hydroxylation is 2. The second kappa shape index (κ2) is 9.59. The number of oxazole rings is 1. The lowest BCUT2D eigenvalue weighted by molar-refractivity contribution is -0.127. The molecule has 0 aliphatic carbocycles. The first-order chi connectivity index (χ1) is 9.43. The number of nitrogens with zero attached hydrogens (tertiary/aromatic N) is 3. The van der Waals surface area contributed by atoms with E-state index < -0.39 is 0 Å². The Kier molecular flexibility index (Phi) is 8.98. The molecule has 2 N–H and O–H groups in total. The second-order valence-electron chi connectivity index (χ2n) is 4.59. The number of nitrogens with one attached hydrogen (secondary N) is 2. The number of aliphatic imine (C=N–C) groups is 1. The van der Waals surface area contributed by atoms with Gasteiger partial charge in [0, 0.05) is 20.6 Å². The topological polar surface area (TPSA) is 82.8 Å². The first kappa shape index (κ1) is 19.7. The highest BCUT2D eigenvalue weighted by molar-refractivity contribution is 14.0. The summed E-state index contributed by atoms with van der Waals surface area (Å²) in [6.45, 7) is 6.98. The predicted octanol–water partition coefficient (Wildman–Crippen LogP) is 1.05. The van der Waals surface area contributed by atoms with Crippen LogP contribution in [0, 0.1) is 13.8 Å². The van der Waals surface area contributed by atoms with E-state index in [4.69, 9.17) is 4.42 Å². The summed E-state index contributed by atoms with van der Waals surface area (Å²) >= 11 is 0. The maximum atomic E-state index is 11.5. The van der Waals surface area contributed by atoms with Crippen LogP contribution in [-0.2, 0) is 11.3 Å². The average Bonchev–Trinajstić information content (AvgIpc) is 2.71. The molecule has 1 aromatic heterocycles. The van der Waals surface area contributed by atoms with Gasteiger partial charge < -0.3 is 20.0 Å². The zero-order chi connectivity index (χ0) is 15.1. The molecule has 1 amide bonds. The quantitative estimate of drug-likeness (QED) is 0.432. The minimum absolute atomic E-state index is 0. The molecule has 0 aromatic carbocycles. The summed E-state index contributed by atoms with van der Waals surface area (Å²) in [7, 11) is 3.41. The van der Waals surface area contributed by atoms with Gasteiger partial charge in [-0.2, -0.15) is 0 Å². The number of amides is 1. The van der Waals surface area contributed by atoms with Crippen LogP contribution in [0.1, 0.15) is 24.3 Å². The van der Waals surface area contributed by atoms with Crippen LogP contribution >= 0.6 is 24.0 Å². The smallest absolute Gasteiger partial charge is 0.243 e. The molecule has 0 spiro atoms. The van der Waals surface area contributed by atoms with Gasteiger partial charge in [0.15, 0.2) is 5.96 Å². The van der Waals surface area contributed by atoms with Crippen LogP contribution in [0.2, 0.25) is 0 Å². The van der Waals surface area contributed by atoms with Gasteiger partial charge in [0.05, 0.1) is 12.2 Å². The molecule has 0 aliphatic rings. The third-order valence-electron chi connectivity index (χ3n) is 2.70. The zero-order valence-corrected chi connectivity index (χ0v) is 15.5. The number of rotatable bonds is 5. The van der Waals surface area contributed by atoms with E-state index in [9.17, 15) is 4.79 Å². The van der Waals surface area contributed by atoms with Crippen molar-refractivity contribution in [1.82, 2.24) is 20.5 Å². The van der Waals surface area contributed by atoms with Gasteiger partial charge in [-0.3, -0.25) is 4.79 Å². The first-order valence-corrected chi connectivity index (χ1v) is 6.59. The largest absolute Gasteiger partial charge is 0.444 e. The van der Waals surface area contributed by atoms with E-state index in [2.05, 4.69) is 20.6 Å². The van der Waals surface area contributed by atoms with Crippen molar-refractivity contribution in [3.8, 4) is 0 Å². The van der Waals surface area contributed by atoms with Crippen LogP contribution in [0.3, 0.4) is 0 Å². The predicted molar refractivity (Wildman–Crippen MR) is 92.9 cm³/mol. The van der Waals surface area contributed by atoms with Crippen molar-refractivity contribution in [2.45, 2.75) is 27.3 Å². The molecule has 0 saturated carbocycles. The van der Waals surface area contributed by atoms with Gasteiger partial charge in [0.25, 0.3) is 0 Å². The SMILES string of the molecule is CCNC(=NCC(=O)N(C)C)NCc1nc(C)c(C)o1.I. The van der Waals surface area contributed by atoms with Gasteiger partial charge in [0.1, 0.15) is 12.3 Å². The van der Waals surface area contributed by atoms with Gasteiger partial charge >= 0.3 is 0 Å². The van der Waals surface area contributed by atoms with Crippen LogP contribution < -0.4 is 10.6 Å². The van der Waals surface area contributed by atoms with E-state index in [1.165, 1.54) is 4.90 Å². The third kappa shape index (κ3) is 6.78. The van der Waals surface area contributed by atoms with Crippen LogP contribution in [-0.4, -0.2) is 48.9 Å². The molecule has 1 aromatic rings. The van der Waals surface area contributed by atoms with Crippen LogP contribution in [0.5, 0.6) is 0 Å². The fraction of sp³-hybridized carbons (Fsp3) is 0.615. The Morgan fingerprint density at radius 2 is 2.00 bits per heavy atom. The molecule has 1 rings (SSSR count). The lowest BCUT2D eigenvalue weighted by Gasteiger charge is -2.11. The highest BCUT2D eigenvalue weighted by atomic mass is 127. The Bertz CT molecular complexity index is 465. The Hall–Kier alpha value is -1.32. The molecule has 8 heteroatoms. The number of guanidine groups is 1. The number of carbonyl (C=O) groups is 1. The van der Waals surface area contributed by atoms with Crippen molar-refractivity contribution in [3.05, 3.63) is 17.3 Å². The number of carbonyl (C=O) groups excluding carboxylic acids is 1. The molecule has 0 aliphatic heterocycles. The Balaban J connectivity index is 0.00000400. The molecule has 0 atom stereocenters. The molecule has 0 bridgehead atoms. The van der Waals surface area contributed by atoms with Crippen molar-refractivity contribution in [1.29, 1.82) is 0 Å². The molecule has 0 fully saturated rings. The fourth-order valence-corrected chi connectivity index (χ4v) is 1.40. The van der Waals surface area contributed by atoms with E-state index in [1.54, 1.807) is 14.1 Å². The van der Waals surface area contributed by atoms with Crippen molar-refractivity contribution in [2.24, 2.45) is 4.99 Å². The molecule has 1 heterocycles. The highest BCUT2D eigenvalue weighted by Gasteiger charge is 2.07. The van der Waals surface area contributed by atoms with E-state index in [0.717, 1.165) is 11.5 Å². The standard InChI is InChI=1S/C13H23N5O2.HI/c1-6-14-13(16-8-12(19)18(4)5)15-7-11-17-9(2)10(3)20-11;/h6-8H2,1-5H3,(H2,14,15,16);1H. The molecule has 0 radical (unpaired) electrons. The lowest BCUT2D eigenvalue weighted by Crippen LogP contribution is -2.38.